The second kappa shape index (κ2) is 7.96. The lowest BCUT2D eigenvalue weighted by Crippen LogP contribution is -2.37. The monoisotopic (exact) mass is 315 g/mol. The molecule has 23 heavy (non-hydrogen) atoms. The summed E-state index contributed by atoms with van der Waals surface area (Å²) < 4.78 is 0. The van der Waals surface area contributed by atoms with Crippen LogP contribution in [0.1, 0.15) is 69.4 Å². The SMILES string of the molecule is O=C(O)C1CCC(NC(CC2CCCC2)c2ccccc2)CC1. The summed E-state index contributed by atoms with van der Waals surface area (Å²) in [4.78, 5) is 11.1. The van der Waals surface area contributed by atoms with E-state index in [1.807, 2.05) is 0 Å². The molecule has 2 fully saturated rings. The van der Waals surface area contributed by atoms with Crippen LogP contribution < -0.4 is 5.32 Å². The molecule has 0 heterocycles. The molecule has 2 N–H and O–H groups in total. The van der Waals surface area contributed by atoms with Gasteiger partial charge < -0.3 is 10.4 Å². The molecule has 1 aromatic rings. The fourth-order valence-corrected chi connectivity index (χ4v) is 4.36. The van der Waals surface area contributed by atoms with Crippen molar-refractivity contribution in [2.45, 2.75) is 69.9 Å². The van der Waals surface area contributed by atoms with Crippen LogP contribution in [-0.4, -0.2) is 17.1 Å². The minimum absolute atomic E-state index is 0.127. The van der Waals surface area contributed by atoms with E-state index in [1.165, 1.54) is 37.7 Å². The minimum Gasteiger partial charge on any atom is -0.481 e. The maximum Gasteiger partial charge on any atom is 0.306 e. The zero-order chi connectivity index (χ0) is 16.1. The Labute approximate surface area is 139 Å². The van der Waals surface area contributed by atoms with Gasteiger partial charge in [0.15, 0.2) is 0 Å². The van der Waals surface area contributed by atoms with Crippen LogP contribution in [0.15, 0.2) is 30.3 Å². The Balaban J connectivity index is 1.61. The molecule has 0 amide bonds. The summed E-state index contributed by atoms with van der Waals surface area (Å²) in [6.07, 6.45) is 10.4. The van der Waals surface area contributed by atoms with E-state index in [0.717, 1.165) is 31.6 Å². The Hall–Kier alpha value is -1.35. The van der Waals surface area contributed by atoms with E-state index in [4.69, 9.17) is 5.11 Å². The first kappa shape index (κ1) is 16.5. The van der Waals surface area contributed by atoms with Crippen LogP contribution >= 0.6 is 0 Å². The molecule has 0 saturated heterocycles. The largest absolute Gasteiger partial charge is 0.481 e. The van der Waals surface area contributed by atoms with E-state index in [9.17, 15) is 4.79 Å². The van der Waals surface area contributed by atoms with Crippen molar-refractivity contribution in [2.24, 2.45) is 11.8 Å². The zero-order valence-electron chi connectivity index (χ0n) is 13.9. The van der Waals surface area contributed by atoms with Gasteiger partial charge in [-0.2, -0.15) is 0 Å². The molecule has 2 aliphatic rings. The first-order valence-electron chi connectivity index (χ1n) is 9.26. The van der Waals surface area contributed by atoms with Crippen molar-refractivity contribution in [1.29, 1.82) is 0 Å². The maximum absolute atomic E-state index is 11.1. The molecule has 0 spiro atoms. The molecule has 3 rings (SSSR count). The average Bonchev–Trinajstić information content (AvgIpc) is 3.09. The predicted octanol–water partition coefficient (Wildman–Crippen LogP) is 4.54. The highest BCUT2D eigenvalue weighted by molar-refractivity contribution is 5.70. The Kier molecular flexibility index (Phi) is 5.71. The molecule has 2 aliphatic carbocycles. The standard InChI is InChI=1S/C20H29NO2/c22-20(23)17-10-12-18(13-11-17)21-19(14-15-6-4-5-7-15)16-8-2-1-3-9-16/h1-3,8-9,15,17-19,21H,4-7,10-14H2,(H,22,23). The van der Waals surface area contributed by atoms with Gasteiger partial charge in [0.05, 0.1) is 5.92 Å². The second-order valence-corrected chi connectivity index (χ2v) is 7.40. The summed E-state index contributed by atoms with van der Waals surface area (Å²) in [6.45, 7) is 0. The number of carboxylic acids is 1. The molecular weight excluding hydrogens is 286 g/mol. The van der Waals surface area contributed by atoms with Crippen LogP contribution in [0, 0.1) is 11.8 Å². The molecule has 1 unspecified atom stereocenters. The van der Waals surface area contributed by atoms with Crippen LogP contribution in [0.25, 0.3) is 0 Å². The fourth-order valence-electron chi connectivity index (χ4n) is 4.36. The van der Waals surface area contributed by atoms with Crippen LogP contribution in [0.5, 0.6) is 0 Å². The molecule has 1 aromatic carbocycles. The lowest BCUT2D eigenvalue weighted by atomic mass is 9.84. The van der Waals surface area contributed by atoms with Gasteiger partial charge in [0, 0.05) is 12.1 Å². The lowest BCUT2D eigenvalue weighted by Gasteiger charge is -2.32. The third kappa shape index (κ3) is 4.57. The van der Waals surface area contributed by atoms with Gasteiger partial charge >= 0.3 is 5.97 Å². The van der Waals surface area contributed by atoms with Gasteiger partial charge in [-0.25, -0.2) is 0 Å². The smallest absolute Gasteiger partial charge is 0.306 e. The van der Waals surface area contributed by atoms with E-state index in [1.54, 1.807) is 0 Å². The zero-order valence-corrected chi connectivity index (χ0v) is 13.9. The summed E-state index contributed by atoms with van der Waals surface area (Å²) in [5.41, 5.74) is 1.39. The highest BCUT2D eigenvalue weighted by atomic mass is 16.4. The molecule has 1 atom stereocenters. The average molecular weight is 315 g/mol. The number of rotatable bonds is 6. The number of aliphatic carboxylic acids is 1. The molecule has 3 heteroatoms. The first-order valence-corrected chi connectivity index (χ1v) is 9.26. The third-order valence-corrected chi connectivity index (χ3v) is 5.76. The van der Waals surface area contributed by atoms with E-state index in [2.05, 4.69) is 35.6 Å². The molecule has 0 aliphatic heterocycles. The fraction of sp³-hybridized carbons (Fsp3) is 0.650. The molecule has 2 saturated carbocycles. The van der Waals surface area contributed by atoms with E-state index in [-0.39, 0.29) is 5.92 Å². The van der Waals surface area contributed by atoms with Crippen LogP contribution in [-0.2, 0) is 4.79 Å². The van der Waals surface area contributed by atoms with Crippen molar-refractivity contribution < 1.29 is 9.90 Å². The molecule has 0 aromatic heterocycles. The van der Waals surface area contributed by atoms with E-state index >= 15 is 0 Å². The van der Waals surface area contributed by atoms with Gasteiger partial charge in [-0.3, -0.25) is 4.79 Å². The van der Waals surface area contributed by atoms with Crippen molar-refractivity contribution in [1.82, 2.24) is 5.32 Å². The Bertz CT molecular complexity index is 488. The molecule has 3 nitrogen and oxygen atoms in total. The maximum atomic E-state index is 11.1. The molecule has 0 radical (unpaired) electrons. The van der Waals surface area contributed by atoms with Gasteiger partial charge in [-0.15, -0.1) is 0 Å². The number of hydrogen-bond donors (Lipinski definition) is 2. The number of nitrogens with one attached hydrogen (secondary N) is 1. The highest BCUT2D eigenvalue weighted by Gasteiger charge is 2.28. The third-order valence-electron chi connectivity index (χ3n) is 5.76. The molecule has 0 bridgehead atoms. The summed E-state index contributed by atoms with van der Waals surface area (Å²) in [5.74, 6) is 0.107. The first-order chi connectivity index (χ1) is 11.2. The van der Waals surface area contributed by atoms with Crippen molar-refractivity contribution in [3.63, 3.8) is 0 Å². The summed E-state index contributed by atoms with van der Waals surface area (Å²) >= 11 is 0. The minimum atomic E-state index is -0.617. The highest BCUT2D eigenvalue weighted by Crippen LogP contribution is 2.34. The van der Waals surface area contributed by atoms with Crippen molar-refractivity contribution in [2.75, 3.05) is 0 Å². The normalized spacial score (nSPS) is 27.0. The topological polar surface area (TPSA) is 49.3 Å². The van der Waals surface area contributed by atoms with Crippen LogP contribution in [0.4, 0.5) is 0 Å². The summed E-state index contributed by atoms with van der Waals surface area (Å²) in [5, 5.41) is 13.0. The van der Waals surface area contributed by atoms with Crippen molar-refractivity contribution in [3.8, 4) is 0 Å². The second-order valence-electron chi connectivity index (χ2n) is 7.40. The predicted molar refractivity (Wildman–Crippen MR) is 92.3 cm³/mol. The van der Waals surface area contributed by atoms with Gasteiger partial charge in [0.1, 0.15) is 0 Å². The molecule has 126 valence electrons. The quantitative estimate of drug-likeness (QED) is 0.810. The Morgan fingerprint density at radius 2 is 1.70 bits per heavy atom. The van der Waals surface area contributed by atoms with Gasteiger partial charge in [-0.05, 0) is 43.6 Å². The number of carboxylic acid groups (broad SMARTS) is 1. The Morgan fingerprint density at radius 1 is 1.04 bits per heavy atom. The van der Waals surface area contributed by atoms with Crippen LogP contribution in [0.2, 0.25) is 0 Å². The van der Waals surface area contributed by atoms with Gasteiger partial charge in [-0.1, -0.05) is 56.0 Å². The van der Waals surface area contributed by atoms with Gasteiger partial charge in [0.25, 0.3) is 0 Å². The van der Waals surface area contributed by atoms with Crippen molar-refractivity contribution >= 4 is 5.97 Å². The van der Waals surface area contributed by atoms with Crippen molar-refractivity contribution in [3.05, 3.63) is 35.9 Å². The molecular formula is C20H29NO2. The number of hydrogen-bond acceptors (Lipinski definition) is 2. The number of carbonyl (C=O) groups is 1. The summed E-state index contributed by atoms with van der Waals surface area (Å²) in [6, 6.07) is 11.7. The Morgan fingerprint density at radius 3 is 2.30 bits per heavy atom. The lowest BCUT2D eigenvalue weighted by molar-refractivity contribution is -0.142. The summed E-state index contributed by atoms with van der Waals surface area (Å²) in [7, 11) is 0. The van der Waals surface area contributed by atoms with Gasteiger partial charge in [0.2, 0.25) is 0 Å². The van der Waals surface area contributed by atoms with Crippen LogP contribution in [0.3, 0.4) is 0 Å². The van der Waals surface area contributed by atoms with E-state index < -0.39 is 5.97 Å². The van der Waals surface area contributed by atoms with E-state index in [0.29, 0.717) is 12.1 Å². The number of benzene rings is 1.